The van der Waals surface area contributed by atoms with E-state index in [0.717, 1.165) is 38.0 Å². The maximum absolute atomic E-state index is 12.2. The van der Waals surface area contributed by atoms with Crippen LogP contribution in [0.1, 0.15) is 31.2 Å². The third kappa shape index (κ3) is 2.53. The lowest BCUT2D eigenvalue weighted by Gasteiger charge is -2.24. The first-order valence-electron chi connectivity index (χ1n) is 6.71. The highest BCUT2D eigenvalue weighted by Crippen LogP contribution is 2.25. The Morgan fingerprint density at radius 1 is 1.42 bits per heavy atom. The molecule has 0 radical (unpaired) electrons. The monoisotopic (exact) mass is 256 g/mol. The van der Waals surface area contributed by atoms with Gasteiger partial charge in [0.15, 0.2) is 0 Å². The third-order valence-corrected chi connectivity index (χ3v) is 3.65. The minimum Gasteiger partial charge on any atom is -0.352 e. The van der Waals surface area contributed by atoms with Crippen molar-refractivity contribution in [3.05, 3.63) is 23.9 Å². The molecule has 0 bridgehead atoms. The summed E-state index contributed by atoms with van der Waals surface area (Å²) in [7, 11) is 0. The van der Waals surface area contributed by atoms with Crippen LogP contribution in [-0.2, 0) is 4.79 Å². The van der Waals surface area contributed by atoms with Crippen LogP contribution in [0.2, 0.25) is 0 Å². The lowest BCUT2D eigenvalue weighted by Crippen LogP contribution is -2.44. The van der Waals surface area contributed by atoms with Gasteiger partial charge in [0.05, 0.1) is 5.56 Å². The fourth-order valence-electron chi connectivity index (χ4n) is 2.46. The zero-order valence-corrected chi connectivity index (χ0v) is 10.7. The van der Waals surface area contributed by atoms with Crippen molar-refractivity contribution in [2.75, 3.05) is 11.4 Å². The molecule has 2 fully saturated rings. The second kappa shape index (κ2) is 4.88. The summed E-state index contributed by atoms with van der Waals surface area (Å²) in [6.07, 6.45) is 5.65. The van der Waals surface area contributed by atoms with E-state index in [1.807, 2.05) is 11.0 Å². The van der Waals surface area contributed by atoms with E-state index in [2.05, 4.69) is 16.4 Å². The van der Waals surface area contributed by atoms with E-state index < -0.39 is 0 Å². The van der Waals surface area contributed by atoms with Crippen molar-refractivity contribution < 1.29 is 4.79 Å². The molecule has 1 saturated heterocycles. The number of rotatable bonds is 3. The molecule has 2 heterocycles. The highest BCUT2D eigenvalue weighted by molar-refractivity contribution is 5.86. The minimum atomic E-state index is -0.110. The molecular formula is C14H16N4O. The van der Waals surface area contributed by atoms with Gasteiger partial charge in [0, 0.05) is 18.8 Å². The number of nitrogens with one attached hydrogen (secondary N) is 1. The normalized spacial score (nSPS) is 22.1. The van der Waals surface area contributed by atoms with E-state index in [1.165, 1.54) is 0 Å². The maximum Gasteiger partial charge on any atom is 0.242 e. The van der Waals surface area contributed by atoms with Crippen molar-refractivity contribution in [2.24, 2.45) is 0 Å². The first-order valence-corrected chi connectivity index (χ1v) is 6.71. The smallest absolute Gasteiger partial charge is 0.242 e. The van der Waals surface area contributed by atoms with Crippen molar-refractivity contribution in [1.29, 1.82) is 5.26 Å². The number of hydrogen-bond acceptors (Lipinski definition) is 4. The summed E-state index contributed by atoms with van der Waals surface area (Å²) >= 11 is 0. The van der Waals surface area contributed by atoms with Crippen LogP contribution >= 0.6 is 0 Å². The fraction of sp³-hybridized carbons (Fsp3) is 0.500. The number of nitrogens with zero attached hydrogens (tertiary/aromatic N) is 3. The summed E-state index contributed by atoms with van der Waals surface area (Å²) in [5, 5.41) is 11.8. The summed E-state index contributed by atoms with van der Waals surface area (Å²) in [4.78, 5) is 18.5. The van der Waals surface area contributed by atoms with Crippen molar-refractivity contribution in [3.63, 3.8) is 0 Å². The number of carbonyl (C=O) groups excluding carboxylic acids is 1. The quantitative estimate of drug-likeness (QED) is 0.882. The molecule has 1 atom stereocenters. The maximum atomic E-state index is 12.2. The Morgan fingerprint density at radius 2 is 2.26 bits per heavy atom. The summed E-state index contributed by atoms with van der Waals surface area (Å²) in [5.41, 5.74) is 0.543. The number of carbonyl (C=O) groups is 1. The first-order chi connectivity index (χ1) is 9.28. The topological polar surface area (TPSA) is 69.0 Å². The van der Waals surface area contributed by atoms with Crippen molar-refractivity contribution in [3.8, 4) is 6.07 Å². The molecule has 1 aromatic rings. The average Bonchev–Trinajstić information content (AvgIpc) is 3.11. The molecule has 0 aromatic carbocycles. The largest absolute Gasteiger partial charge is 0.352 e. The molecule has 1 aromatic heterocycles. The molecular weight excluding hydrogens is 240 g/mol. The molecule has 98 valence electrons. The van der Waals surface area contributed by atoms with Crippen LogP contribution in [0.4, 0.5) is 5.82 Å². The molecule has 3 rings (SSSR count). The van der Waals surface area contributed by atoms with Crippen LogP contribution in [0.3, 0.4) is 0 Å². The van der Waals surface area contributed by atoms with Gasteiger partial charge in [-0.1, -0.05) is 0 Å². The van der Waals surface area contributed by atoms with Gasteiger partial charge in [-0.25, -0.2) is 4.98 Å². The van der Waals surface area contributed by atoms with Gasteiger partial charge >= 0.3 is 0 Å². The van der Waals surface area contributed by atoms with Gasteiger partial charge in [0.25, 0.3) is 0 Å². The third-order valence-electron chi connectivity index (χ3n) is 3.65. The van der Waals surface area contributed by atoms with Gasteiger partial charge in [-0.3, -0.25) is 4.79 Å². The van der Waals surface area contributed by atoms with E-state index >= 15 is 0 Å². The fourth-order valence-corrected chi connectivity index (χ4v) is 2.46. The molecule has 0 spiro atoms. The van der Waals surface area contributed by atoms with Crippen LogP contribution in [0.15, 0.2) is 18.3 Å². The molecule has 1 saturated carbocycles. The molecule has 5 nitrogen and oxygen atoms in total. The number of amides is 1. The van der Waals surface area contributed by atoms with Crippen LogP contribution in [0, 0.1) is 11.3 Å². The Morgan fingerprint density at radius 3 is 2.89 bits per heavy atom. The number of pyridine rings is 1. The molecule has 1 amide bonds. The summed E-state index contributed by atoms with van der Waals surface area (Å²) in [6, 6.07) is 5.90. The van der Waals surface area contributed by atoms with E-state index in [4.69, 9.17) is 5.26 Å². The highest BCUT2D eigenvalue weighted by atomic mass is 16.2. The zero-order valence-electron chi connectivity index (χ0n) is 10.7. The minimum absolute atomic E-state index is 0.110. The Kier molecular flexibility index (Phi) is 3.08. The van der Waals surface area contributed by atoms with E-state index in [-0.39, 0.29) is 11.9 Å². The van der Waals surface area contributed by atoms with E-state index in [1.54, 1.807) is 12.3 Å². The van der Waals surface area contributed by atoms with Gasteiger partial charge in [-0.2, -0.15) is 5.26 Å². The average molecular weight is 256 g/mol. The van der Waals surface area contributed by atoms with Crippen LogP contribution in [0.5, 0.6) is 0 Å². The molecule has 1 aliphatic heterocycles. The van der Waals surface area contributed by atoms with E-state index in [9.17, 15) is 4.79 Å². The molecule has 2 aliphatic rings. The predicted molar refractivity (Wildman–Crippen MR) is 70.5 cm³/mol. The predicted octanol–water partition coefficient (Wildman–Crippen LogP) is 1.20. The SMILES string of the molecule is N#Cc1ccc(N2CCC[C@@H]2C(=O)NC2CC2)nc1. The zero-order chi connectivity index (χ0) is 13.2. The second-order valence-electron chi connectivity index (χ2n) is 5.15. The van der Waals surface area contributed by atoms with Crippen LogP contribution in [-0.4, -0.2) is 29.5 Å². The van der Waals surface area contributed by atoms with Crippen molar-refractivity contribution >= 4 is 11.7 Å². The highest BCUT2D eigenvalue weighted by Gasteiger charge is 2.34. The van der Waals surface area contributed by atoms with E-state index in [0.29, 0.717) is 11.6 Å². The number of aromatic nitrogens is 1. The molecule has 1 N–H and O–H groups in total. The molecule has 5 heteroatoms. The van der Waals surface area contributed by atoms with Gasteiger partial charge in [0.2, 0.25) is 5.91 Å². The van der Waals surface area contributed by atoms with Gasteiger partial charge in [-0.05, 0) is 37.8 Å². The van der Waals surface area contributed by atoms with Crippen LogP contribution < -0.4 is 10.2 Å². The number of anilines is 1. The Balaban J connectivity index is 1.74. The molecule has 0 unspecified atom stereocenters. The number of hydrogen-bond donors (Lipinski definition) is 1. The van der Waals surface area contributed by atoms with Gasteiger partial charge < -0.3 is 10.2 Å². The Hall–Kier alpha value is -2.09. The van der Waals surface area contributed by atoms with Gasteiger partial charge in [-0.15, -0.1) is 0 Å². The van der Waals surface area contributed by atoms with Crippen molar-refractivity contribution in [1.82, 2.24) is 10.3 Å². The second-order valence-corrected chi connectivity index (χ2v) is 5.15. The van der Waals surface area contributed by atoms with Crippen LogP contribution in [0.25, 0.3) is 0 Å². The molecule has 1 aliphatic carbocycles. The summed E-state index contributed by atoms with van der Waals surface area (Å²) in [5.74, 6) is 0.901. The summed E-state index contributed by atoms with van der Waals surface area (Å²) in [6.45, 7) is 0.849. The lowest BCUT2D eigenvalue weighted by atomic mass is 10.2. The molecule has 19 heavy (non-hydrogen) atoms. The standard InChI is InChI=1S/C14H16N4O/c15-8-10-3-6-13(16-9-10)18-7-1-2-12(18)14(19)17-11-4-5-11/h3,6,9,11-12H,1-2,4-5,7H2,(H,17,19)/t12-/m1/s1. The summed E-state index contributed by atoms with van der Waals surface area (Å²) < 4.78 is 0. The Labute approximate surface area is 112 Å². The first kappa shape index (κ1) is 12.0. The Bertz CT molecular complexity index is 515. The lowest BCUT2D eigenvalue weighted by molar-refractivity contribution is -0.122. The van der Waals surface area contributed by atoms with Crippen molar-refractivity contribution in [2.45, 2.75) is 37.8 Å². The number of nitriles is 1. The van der Waals surface area contributed by atoms with Gasteiger partial charge in [0.1, 0.15) is 17.9 Å².